The number of ether oxygens (including phenoxy) is 2. The minimum atomic E-state index is -1.95. The van der Waals surface area contributed by atoms with Crippen molar-refractivity contribution >= 4 is 52.9 Å². The van der Waals surface area contributed by atoms with Crippen molar-refractivity contribution in [3.8, 4) is 11.5 Å². The van der Waals surface area contributed by atoms with Crippen molar-refractivity contribution in [1.29, 1.82) is 0 Å². The predicted molar refractivity (Wildman–Crippen MR) is 129 cm³/mol. The number of phenolic OH excluding ortho intramolecular Hbond substituents is 1. The zero-order chi connectivity index (χ0) is 27.0. The number of fused-ring (bicyclic) bond motifs is 4. The Bertz CT molecular complexity index is 1300. The highest BCUT2D eigenvalue weighted by atomic mass is 35.5. The van der Waals surface area contributed by atoms with Gasteiger partial charge in [-0.25, -0.2) is 4.79 Å². The van der Waals surface area contributed by atoms with E-state index in [0.29, 0.717) is 16.0 Å². The van der Waals surface area contributed by atoms with E-state index in [1.165, 1.54) is 19.2 Å². The monoisotopic (exact) mass is 550 g/mol. The van der Waals surface area contributed by atoms with Crippen molar-refractivity contribution in [2.45, 2.75) is 35.4 Å². The zero-order valence-electron chi connectivity index (χ0n) is 20.2. The van der Waals surface area contributed by atoms with Gasteiger partial charge in [0, 0.05) is 13.0 Å². The predicted octanol–water partition coefficient (Wildman–Crippen LogP) is 2.55. The molecule has 0 aromatic heterocycles. The van der Waals surface area contributed by atoms with Gasteiger partial charge in [-0.3, -0.25) is 24.1 Å². The molecule has 12 heteroatoms. The van der Waals surface area contributed by atoms with Crippen molar-refractivity contribution < 1.29 is 38.6 Å². The smallest absolute Gasteiger partial charge is 0.423 e. The number of methoxy groups -OCH3 is 1. The number of nitrogens with zero attached hydrogens (tertiary/aromatic N) is 2. The zero-order valence-corrected chi connectivity index (χ0v) is 21.7. The maximum absolute atomic E-state index is 13.5. The SMILES string of the molecule is CCOc1cc([C@H]2C3=CC[C@@H]4C(=O)N(C(=O)OC)C(=O)[C@@H]4[C@@H]3C[C@@]3(Cl)C(=O)N(C)C(=O)[C@@]23Cl)ccc1O. The highest BCUT2D eigenvalue weighted by Crippen LogP contribution is 2.65. The summed E-state index contributed by atoms with van der Waals surface area (Å²) in [5.41, 5.74) is 0.999. The summed E-state index contributed by atoms with van der Waals surface area (Å²) < 4.78 is 10.2. The van der Waals surface area contributed by atoms with Crippen LogP contribution < -0.4 is 4.74 Å². The minimum Gasteiger partial charge on any atom is -0.504 e. The van der Waals surface area contributed by atoms with Crippen molar-refractivity contribution in [3.05, 3.63) is 35.4 Å². The highest BCUT2D eigenvalue weighted by molar-refractivity contribution is 6.53. The van der Waals surface area contributed by atoms with Crippen molar-refractivity contribution in [2.24, 2.45) is 17.8 Å². The van der Waals surface area contributed by atoms with Gasteiger partial charge in [0.2, 0.25) is 11.8 Å². The number of amides is 5. The van der Waals surface area contributed by atoms with Gasteiger partial charge in [0.05, 0.1) is 25.6 Å². The van der Waals surface area contributed by atoms with Crippen LogP contribution in [0.1, 0.15) is 31.2 Å². The Labute approximate surface area is 222 Å². The third-order valence-electron chi connectivity index (χ3n) is 7.99. The van der Waals surface area contributed by atoms with E-state index < -0.39 is 63.1 Å². The number of likely N-dealkylation sites (tertiary alicyclic amines) is 2. The topological polar surface area (TPSA) is 131 Å². The molecule has 2 saturated heterocycles. The fourth-order valence-corrected chi connectivity index (χ4v) is 7.39. The number of carbonyl (C=O) groups excluding carboxylic acids is 5. The van der Waals surface area contributed by atoms with E-state index in [4.69, 9.17) is 27.9 Å². The van der Waals surface area contributed by atoms with E-state index in [1.807, 2.05) is 0 Å². The number of hydrogen-bond donors (Lipinski definition) is 1. The molecule has 3 fully saturated rings. The number of halogens is 2. The molecule has 1 N–H and O–H groups in total. The average Bonchev–Trinajstić information content (AvgIpc) is 3.20. The maximum Gasteiger partial charge on any atom is 0.423 e. The lowest BCUT2D eigenvalue weighted by atomic mass is 9.56. The van der Waals surface area contributed by atoms with Gasteiger partial charge < -0.3 is 14.6 Å². The minimum absolute atomic E-state index is 0.113. The van der Waals surface area contributed by atoms with Gasteiger partial charge in [0.25, 0.3) is 11.8 Å². The van der Waals surface area contributed by atoms with Crippen molar-refractivity contribution in [2.75, 3.05) is 20.8 Å². The van der Waals surface area contributed by atoms with Crippen LogP contribution in [0.5, 0.6) is 11.5 Å². The summed E-state index contributed by atoms with van der Waals surface area (Å²) in [7, 11) is 2.36. The molecule has 5 amide bonds. The van der Waals surface area contributed by atoms with Gasteiger partial charge in [0.1, 0.15) is 0 Å². The summed E-state index contributed by atoms with van der Waals surface area (Å²) >= 11 is 14.1. The Morgan fingerprint density at radius 1 is 1.14 bits per heavy atom. The van der Waals surface area contributed by atoms with Gasteiger partial charge >= 0.3 is 6.09 Å². The quantitative estimate of drug-likeness (QED) is 0.345. The van der Waals surface area contributed by atoms with E-state index in [0.717, 1.165) is 12.0 Å². The molecule has 1 saturated carbocycles. The summed E-state index contributed by atoms with van der Waals surface area (Å²) in [6.07, 6.45) is 0.576. The summed E-state index contributed by atoms with van der Waals surface area (Å²) in [5, 5.41) is 10.3. The molecular formula is C25H24Cl2N2O8. The molecule has 1 aromatic carbocycles. The molecule has 196 valence electrons. The highest BCUT2D eigenvalue weighted by Gasteiger charge is 2.76. The van der Waals surface area contributed by atoms with Crippen molar-refractivity contribution in [3.63, 3.8) is 0 Å². The summed E-state index contributed by atoms with van der Waals surface area (Å²) in [6, 6.07) is 4.47. The summed E-state index contributed by atoms with van der Waals surface area (Å²) in [6.45, 7) is 1.99. The molecule has 0 bridgehead atoms. The summed E-state index contributed by atoms with van der Waals surface area (Å²) in [4.78, 5) is 63.0. The number of phenols is 1. The largest absolute Gasteiger partial charge is 0.504 e. The van der Waals surface area contributed by atoms with Crippen LogP contribution in [0.25, 0.3) is 0 Å². The summed E-state index contributed by atoms with van der Waals surface area (Å²) in [5.74, 6) is -6.45. The molecule has 6 atom stereocenters. The van der Waals surface area contributed by atoms with Crippen LogP contribution in [0.4, 0.5) is 4.79 Å². The Balaban J connectivity index is 1.71. The van der Waals surface area contributed by atoms with E-state index in [2.05, 4.69) is 4.74 Å². The molecule has 5 rings (SSSR count). The number of aromatic hydroxyl groups is 1. The molecule has 1 aromatic rings. The molecule has 10 nitrogen and oxygen atoms in total. The van der Waals surface area contributed by atoms with E-state index in [-0.39, 0.29) is 30.9 Å². The number of alkyl halides is 2. The van der Waals surface area contributed by atoms with Crippen LogP contribution in [-0.4, -0.2) is 75.1 Å². The molecule has 37 heavy (non-hydrogen) atoms. The standard InChI is InChI=1S/C25H24Cl2N2O8/c1-4-37-16-9-11(5-8-15(16)30)18-12-6-7-13-17(20(32)29(19(13)31)23(35)36-3)14(12)10-24(26)21(33)28(2)22(34)25(18,24)27/h5-6,8-9,13-14,17-18,30H,4,7,10H2,1-3H3/t13-,14+,17-,18-,24+,25-/m0/s1. The first-order chi connectivity index (χ1) is 17.4. The third-order valence-corrected chi connectivity index (χ3v) is 9.40. The second kappa shape index (κ2) is 8.46. The van der Waals surface area contributed by atoms with Gasteiger partial charge in [-0.05, 0) is 43.4 Å². The molecule has 2 heterocycles. The average molecular weight is 551 g/mol. The second-order valence-electron chi connectivity index (χ2n) is 9.64. The molecule has 0 radical (unpaired) electrons. The second-order valence-corrected chi connectivity index (χ2v) is 10.9. The first-order valence-corrected chi connectivity index (χ1v) is 12.5. The normalized spacial score (nSPS) is 34.7. The van der Waals surface area contributed by atoms with E-state index in [9.17, 15) is 29.1 Å². The van der Waals surface area contributed by atoms with Crippen LogP contribution in [0.15, 0.2) is 29.8 Å². The lowest BCUT2D eigenvalue weighted by Crippen LogP contribution is -2.60. The number of rotatable bonds is 3. The first-order valence-electron chi connectivity index (χ1n) is 11.8. The molecule has 0 spiro atoms. The molecule has 4 aliphatic rings. The van der Waals surface area contributed by atoms with Gasteiger partial charge in [-0.15, -0.1) is 23.2 Å². The fraction of sp³-hybridized carbons (Fsp3) is 0.480. The van der Waals surface area contributed by atoms with E-state index in [1.54, 1.807) is 19.1 Å². The fourth-order valence-electron chi connectivity index (χ4n) is 6.37. The lowest BCUT2D eigenvalue weighted by Gasteiger charge is -2.50. The van der Waals surface area contributed by atoms with Crippen molar-refractivity contribution in [1.82, 2.24) is 9.80 Å². The Morgan fingerprint density at radius 3 is 2.49 bits per heavy atom. The Hall–Kier alpha value is -3.11. The number of hydrogen-bond acceptors (Lipinski definition) is 8. The molecule has 2 aliphatic carbocycles. The number of benzene rings is 1. The number of imide groups is 4. The van der Waals surface area contributed by atoms with Gasteiger partial charge in [-0.2, -0.15) is 4.90 Å². The maximum atomic E-state index is 13.5. The molecule has 0 unspecified atom stereocenters. The van der Waals surface area contributed by atoms with Crippen LogP contribution in [0, 0.1) is 17.8 Å². The molecule has 2 aliphatic heterocycles. The van der Waals surface area contributed by atoms with Gasteiger partial charge in [-0.1, -0.05) is 17.7 Å². The first kappa shape index (κ1) is 25.5. The molecular weight excluding hydrogens is 527 g/mol. The number of allylic oxidation sites excluding steroid dienone is 2. The third kappa shape index (κ3) is 3.15. The van der Waals surface area contributed by atoms with Crippen LogP contribution in [0.2, 0.25) is 0 Å². The Morgan fingerprint density at radius 2 is 1.84 bits per heavy atom. The lowest BCUT2D eigenvalue weighted by molar-refractivity contribution is -0.139. The van der Waals surface area contributed by atoms with Crippen LogP contribution in [0.3, 0.4) is 0 Å². The Kier molecular flexibility index (Phi) is 5.84. The number of carbonyl (C=O) groups is 5. The van der Waals surface area contributed by atoms with Crippen LogP contribution in [-0.2, 0) is 23.9 Å². The van der Waals surface area contributed by atoms with Crippen LogP contribution >= 0.6 is 23.2 Å². The van der Waals surface area contributed by atoms with E-state index >= 15 is 0 Å². The van der Waals surface area contributed by atoms with Gasteiger partial charge in [0.15, 0.2) is 21.2 Å².